The number of morpholine rings is 1. The second kappa shape index (κ2) is 5.66. The van der Waals surface area contributed by atoms with Crippen LogP contribution in [0.25, 0.3) is 0 Å². The van der Waals surface area contributed by atoms with E-state index < -0.39 is 9.84 Å². The number of urea groups is 1. The van der Waals surface area contributed by atoms with Crippen LogP contribution in [-0.2, 0) is 14.6 Å². The Bertz CT molecular complexity index is 427. The number of rotatable bonds is 2. The summed E-state index contributed by atoms with van der Waals surface area (Å²) in [7, 11) is -2.87. The predicted octanol–water partition coefficient (Wildman–Crippen LogP) is 0.240. The third-order valence-corrected chi connectivity index (χ3v) is 5.41. The maximum atomic E-state index is 12.0. The molecule has 0 saturated carbocycles. The molecule has 3 atom stereocenters. The Morgan fingerprint density at radius 2 is 1.95 bits per heavy atom. The van der Waals surface area contributed by atoms with E-state index in [2.05, 4.69) is 5.32 Å². The fourth-order valence-electron chi connectivity index (χ4n) is 2.72. The van der Waals surface area contributed by atoms with E-state index in [1.165, 1.54) is 0 Å². The summed E-state index contributed by atoms with van der Waals surface area (Å²) in [5.74, 6) is 0.507. The van der Waals surface area contributed by atoms with E-state index in [4.69, 9.17) is 4.74 Å². The highest BCUT2D eigenvalue weighted by molar-refractivity contribution is 7.91. The van der Waals surface area contributed by atoms with E-state index in [1.54, 1.807) is 4.90 Å². The highest BCUT2D eigenvalue weighted by Crippen LogP contribution is 2.17. The van der Waals surface area contributed by atoms with Crippen LogP contribution in [0.15, 0.2) is 0 Å². The normalized spacial score (nSPS) is 34.2. The Kier molecular flexibility index (Phi) is 4.35. The molecule has 7 heteroatoms. The van der Waals surface area contributed by atoms with Crippen molar-refractivity contribution in [2.24, 2.45) is 5.92 Å². The molecule has 2 heterocycles. The number of nitrogens with zero attached hydrogens (tertiary/aromatic N) is 1. The van der Waals surface area contributed by atoms with Crippen molar-refractivity contribution < 1.29 is 17.9 Å². The predicted molar refractivity (Wildman–Crippen MR) is 71.7 cm³/mol. The molecule has 110 valence electrons. The first-order chi connectivity index (χ1) is 8.85. The lowest BCUT2D eigenvalue weighted by atomic mass is 10.1. The molecular formula is C12H22N2O4S. The second-order valence-corrected chi connectivity index (χ2v) is 7.85. The van der Waals surface area contributed by atoms with Gasteiger partial charge in [0.2, 0.25) is 0 Å². The Balaban J connectivity index is 1.78. The monoisotopic (exact) mass is 290 g/mol. The average Bonchev–Trinajstić information content (AvgIpc) is 2.64. The summed E-state index contributed by atoms with van der Waals surface area (Å²) in [6, 6.07) is -0.119. The molecule has 2 saturated heterocycles. The molecule has 0 bridgehead atoms. The zero-order valence-electron chi connectivity index (χ0n) is 11.5. The van der Waals surface area contributed by atoms with Crippen LogP contribution in [0.1, 0.15) is 20.3 Å². The molecule has 2 aliphatic heterocycles. The van der Waals surface area contributed by atoms with E-state index >= 15 is 0 Å². The lowest BCUT2D eigenvalue weighted by Crippen LogP contribution is -2.52. The second-order valence-electron chi connectivity index (χ2n) is 5.62. The summed E-state index contributed by atoms with van der Waals surface area (Å²) in [4.78, 5) is 13.8. The Morgan fingerprint density at radius 1 is 1.32 bits per heavy atom. The van der Waals surface area contributed by atoms with Gasteiger partial charge in [-0.2, -0.15) is 0 Å². The minimum Gasteiger partial charge on any atom is -0.372 e. The highest BCUT2D eigenvalue weighted by atomic mass is 32.2. The number of hydrogen-bond acceptors (Lipinski definition) is 4. The standard InChI is InChI=1S/C12H22N2O4S/c1-9-6-14(7-10(2)18-9)12(15)13-5-11-3-4-19(16,17)8-11/h9-11H,3-8H2,1-2H3,(H,13,15)/t9-,10+,11-/m1/s1. The van der Waals surface area contributed by atoms with E-state index in [0.717, 1.165) is 0 Å². The molecule has 19 heavy (non-hydrogen) atoms. The van der Waals surface area contributed by atoms with Gasteiger partial charge in [-0.25, -0.2) is 13.2 Å². The summed E-state index contributed by atoms with van der Waals surface area (Å²) in [5.41, 5.74) is 0. The summed E-state index contributed by atoms with van der Waals surface area (Å²) in [5, 5.41) is 2.84. The molecule has 2 fully saturated rings. The van der Waals surface area contributed by atoms with Gasteiger partial charge in [0, 0.05) is 19.6 Å². The van der Waals surface area contributed by atoms with Crippen molar-refractivity contribution in [3.05, 3.63) is 0 Å². The molecule has 0 aromatic carbocycles. The quantitative estimate of drug-likeness (QED) is 0.790. The first-order valence-electron chi connectivity index (χ1n) is 6.74. The minimum atomic E-state index is -2.87. The van der Waals surface area contributed by atoms with Crippen molar-refractivity contribution in [2.75, 3.05) is 31.1 Å². The third-order valence-electron chi connectivity index (χ3n) is 3.58. The molecule has 2 rings (SSSR count). The van der Waals surface area contributed by atoms with Crippen molar-refractivity contribution in [3.8, 4) is 0 Å². The van der Waals surface area contributed by atoms with Crippen LogP contribution in [-0.4, -0.2) is 62.7 Å². The maximum Gasteiger partial charge on any atom is 0.317 e. The van der Waals surface area contributed by atoms with Crippen molar-refractivity contribution in [1.82, 2.24) is 10.2 Å². The Morgan fingerprint density at radius 3 is 2.47 bits per heavy atom. The van der Waals surface area contributed by atoms with Gasteiger partial charge in [-0.15, -0.1) is 0 Å². The number of carbonyl (C=O) groups excluding carboxylic acids is 1. The van der Waals surface area contributed by atoms with Gasteiger partial charge in [-0.1, -0.05) is 0 Å². The molecule has 0 aromatic heterocycles. The van der Waals surface area contributed by atoms with Crippen molar-refractivity contribution >= 4 is 15.9 Å². The van der Waals surface area contributed by atoms with E-state index in [1.807, 2.05) is 13.8 Å². The molecular weight excluding hydrogens is 268 g/mol. The van der Waals surface area contributed by atoms with Crippen LogP contribution in [0.2, 0.25) is 0 Å². The van der Waals surface area contributed by atoms with Crippen molar-refractivity contribution in [1.29, 1.82) is 0 Å². The lowest BCUT2D eigenvalue weighted by Gasteiger charge is -2.35. The Labute approximate surface area is 114 Å². The molecule has 0 radical (unpaired) electrons. The van der Waals surface area contributed by atoms with Crippen LogP contribution in [0.3, 0.4) is 0 Å². The SMILES string of the molecule is C[C@@H]1CN(C(=O)NC[C@H]2CCS(=O)(=O)C2)C[C@H](C)O1. The fourth-order valence-corrected chi connectivity index (χ4v) is 4.58. The van der Waals surface area contributed by atoms with Gasteiger partial charge in [0.05, 0.1) is 23.7 Å². The van der Waals surface area contributed by atoms with Gasteiger partial charge < -0.3 is 15.0 Å². The fraction of sp³-hybridized carbons (Fsp3) is 0.917. The number of ether oxygens (including phenoxy) is 1. The first kappa shape index (κ1) is 14.6. The number of carbonyl (C=O) groups is 1. The van der Waals surface area contributed by atoms with Gasteiger partial charge in [-0.3, -0.25) is 0 Å². The number of hydrogen-bond donors (Lipinski definition) is 1. The van der Waals surface area contributed by atoms with E-state index in [0.29, 0.717) is 26.1 Å². The van der Waals surface area contributed by atoms with Crippen molar-refractivity contribution in [3.63, 3.8) is 0 Å². The van der Waals surface area contributed by atoms with Gasteiger partial charge in [-0.05, 0) is 26.2 Å². The zero-order chi connectivity index (χ0) is 14.0. The maximum absolute atomic E-state index is 12.0. The molecule has 1 N–H and O–H groups in total. The number of sulfone groups is 1. The molecule has 2 amide bonds. The summed E-state index contributed by atoms with van der Waals surface area (Å²) < 4.78 is 28.2. The Hall–Kier alpha value is -0.820. The molecule has 2 aliphatic rings. The average molecular weight is 290 g/mol. The first-order valence-corrected chi connectivity index (χ1v) is 8.56. The molecule has 0 aliphatic carbocycles. The van der Waals surface area contributed by atoms with Gasteiger partial charge in [0.25, 0.3) is 0 Å². The lowest BCUT2D eigenvalue weighted by molar-refractivity contribution is -0.0545. The van der Waals surface area contributed by atoms with Crippen LogP contribution >= 0.6 is 0 Å². The van der Waals surface area contributed by atoms with Gasteiger partial charge in [0.1, 0.15) is 0 Å². The highest BCUT2D eigenvalue weighted by Gasteiger charge is 2.30. The van der Waals surface area contributed by atoms with Gasteiger partial charge >= 0.3 is 6.03 Å². The summed E-state index contributed by atoms with van der Waals surface area (Å²) in [6.45, 7) is 5.50. The molecule has 0 spiro atoms. The van der Waals surface area contributed by atoms with Crippen molar-refractivity contribution in [2.45, 2.75) is 32.5 Å². The summed E-state index contributed by atoms with van der Waals surface area (Å²) >= 11 is 0. The largest absolute Gasteiger partial charge is 0.372 e. The van der Waals surface area contributed by atoms with Crippen LogP contribution in [0, 0.1) is 5.92 Å². The van der Waals surface area contributed by atoms with Gasteiger partial charge in [0.15, 0.2) is 9.84 Å². The zero-order valence-corrected chi connectivity index (χ0v) is 12.3. The van der Waals surface area contributed by atoms with Crippen LogP contribution in [0.4, 0.5) is 4.79 Å². The topological polar surface area (TPSA) is 75.7 Å². The smallest absolute Gasteiger partial charge is 0.317 e. The molecule has 0 unspecified atom stereocenters. The summed E-state index contributed by atoms with van der Waals surface area (Å²) in [6.07, 6.45) is 0.737. The number of nitrogens with one attached hydrogen (secondary N) is 1. The minimum absolute atomic E-state index is 0.0429. The third kappa shape index (κ3) is 4.07. The van der Waals surface area contributed by atoms with Crippen LogP contribution in [0.5, 0.6) is 0 Å². The number of amides is 2. The van der Waals surface area contributed by atoms with E-state index in [-0.39, 0.29) is 35.7 Å². The van der Waals surface area contributed by atoms with E-state index in [9.17, 15) is 13.2 Å². The molecule has 0 aromatic rings. The van der Waals surface area contributed by atoms with Crippen LogP contribution < -0.4 is 5.32 Å². The molecule has 6 nitrogen and oxygen atoms in total.